The highest BCUT2D eigenvalue weighted by molar-refractivity contribution is 7.86. The molecule has 0 spiro atoms. The van der Waals surface area contributed by atoms with E-state index in [0.29, 0.717) is 25.7 Å². The average Bonchev–Trinajstić information content (AvgIpc) is 3.36. The summed E-state index contributed by atoms with van der Waals surface area (Å²) in [6.45, 7) is 3.69. The molecule has 6 nitrogen and oxygen atoms in total. The van der Waals surface area contributed by atoms with Gasteiger partial charge in [0, 0.05) is 38.8 Å². The molecule has 1 aromatic heterocycles. The number of hydrogen-bond acceptors (Lipinski definition) is 4. The van der Waals surface area contributed by atoms with E-state index < -0.39 is 10.2 Å². The van der Waals surface area contributed by atoms with Gasteiger partial charge in [0.25, 0.3) is 10.2 Å². The third kappa shape index (κ3) is 2.76. The van der Waals surface area contributed by atoms with E-state index in [0.717, 1.165) is 38.1 Å². The summed E-state index contributed by atoms with van der Waals surface area (Å²) in [5, 5.41) is 0. The van der Waals surface area contributed by atoms with Crippen LogP contribution in [0.15, 0.2) is 35.0 Å². The van der Waals surface area contributed by atoms with Gasteiger partial charge in [0.15, 0.2) is 0 Å². The molecule has 3 aliphatic heterocycles. The third-order valence-electron chi connectivity index (χ3n) is 5.19. The first-order valence-electron chi connectivity index (χ1n) is 8.35. The summed E-state index contributed by atoms with van der Waals surface area (Å²) >= 11 is 0. The van der Waals surface area contributed by atoms with Gasteiger partial charge in [-0.05, 0) is 31.4 Å². The van der Waals surface area contributed by atoms with Gasteiger partial charge in [0.1, 0.15) is 5.76 Å². The lowest BCUT2D eigenvalue weighted by Gasteiger charge is -2.28. The van der Waals surface area contributed by atoms with Crippen molar-refractivity contribution in [1.82, 2.24) is 13.5 Å². The summed E-state index contributed by atoms with van der Waals surface area (Å²) in [6.07, 6.45) is 8.57. The molecule has 0 bridgehead atoms. The fourth-order valence-corrected chi connectivity index (χ4v) is 5.82. The molecule has 2 saturated heterocycles. The van der Waals surface area contributed by atoms with Crippen molar-refractivity contribution >= 4 is 10.2 Å². The SMILES string of the molecule is O=S(=O)(N1CC[C@H](N2CC=CC2)C1)N1CCC[C@@H]1c1ccco1. The van der Waals surface area contributed by atoms with Crippen LogP contribution >= 0.6 is 0 Å². The van der Waals surface area contributed by atoms with Crippen molar-refractivity contribution < 1.29 is 12.8 Å². The van der Waals surface area contributed by atoms with Crippen LogP contribution < -0.4 is 0 Å². The van der Waals surface area contributed by atoms with Gasteiger partial charge in [-0.3, -0.25) is 4.90 Å². The fourth-order valence-electron chi connectivity index (χ4n) is 3.94. The lowest BCUT2D eigenvalue weighted by molar-refractivity contribution is 0.256. The van der Waals surface area contributed by atoms with Crippen LogP contribution in [0.4, 0.5) is 0 Å². The van der Waals surface area contributed by atoms with Crippen molar-refractivity contribution in [1.29, 1.82) is 0 Å². The second-order valence-electron chi connectivity index (χ2n) is 6.52. The monoisotopic (exact) mass is 337 g/mol. The normalized spacial score (nSPS) is 30.6. The zero-order valence-corrected chi connectivity index (χ0v) is 14.0. The predicted octanol–water partition coefficient (Wildman–Crippen LogP) is 1.61. The molecule has 4 heterocycles. The fraction of sp³-hybridized carbons (Fsp3) is 0.625. The van der Waals surface area contributed by atoms with Crippen molar-refractivity contribution in [2.75, 3.05) is 32.7 Å². The van der Waals surface area contributed by atoms with Crippen LogP contribution in [-0.4, -0.2) is 60.7 Å². The molecule has 0 unspecified atom stereocenters. The van der Waals surface area contributed by atoms with Crippen LogP contribution in [0, 0.1) is 0 Å². The molecule has 23 heavy (non-hydrogen) atoms. The maximum Gasteiger partial charge on any atom is 0.282 e. The Morgan fingerprint density at radius 1 is 1.13 bits per heavy atom. The molecular formula is C16H23N3O3S. The van der Waals surface area contributed by atoms with Crippen LogP contribution in [0.2, 0.25) is 0 Å². The van der Waals surface area contributed by atoms with Crippen LogP contribution in [0.25, 0.3) is 0 Å². The lowest BCUT2D eigenvalue weighted by Crippen LogP contribution is -2.44. The predicted molar refractivity (Wildman–Crippen MR) is 87.0 cm³/mol. The van der Waals surface area contributed by atoms with Gasteiger partial charge in [0.05, 0.1) is 12.3 Å². The van der Waals surface area contributed by atoms with Gasteiger partial charge < -0.3 is 4.42 Å². The number of hydrogen-bond donors (Lipinski definition) is 0. The molecule has 126 valence electrons. The Balaban J connectivity index is 1.49. The maximum atomic E-state index is 13.1. The standard InChI is InChI=1S/C16H23N3O3S/c20-23(21,18-11-7-14(13-18)17-8-1-2-9-17)19-10-3-5-15(19)16-6-4-12-22-16/h1-2,4,6,12,14-15H,3,5,7-11,13H2/t14-,15+/m0/s1. The molecule has 4 rings (SSSR count). The van der Waals surface area contributed by atoms with E-state index in [1.165, 1.54) is 0 Å². The summed E-state index contributed by atoms with van der Waals surface area (Å²) < 4.78 is 34.9. The first-order valence-corrected chi connectivity index (χ1v) is 9.75. The van der Waals surface area contributed by atoms with E-state index in [4.69, 9.17) is 4.42 Å². The van der Waals surface area contributed by atoms with Gasteiger partial charge in [-0.25, -0.2) is 0 Å². The Hall–Kier alpha value is -1.15. The molecule has 0 saturated carbocycles. The molecular weight excluding hydrogens is 314 g/mol. The molecule has 0 amide bonds. The second kappa shape index (κ2) is 6.05. The van der Waals surface area contributed by atoms with Crippen molar-refractivity contribution in [2.24, 2.45) is 0 Å². The Morgan fingerprint density at radius 3 is 2.70 bits per heavy atom. The van der Waals surface area contributed by atoms with Crippen molar-refractivity contribution in [3.8, 4) is 0 Å². The average molecular weight is 337 g/mol. The van der Waals surface area contributed by atoms with Crippen molar-refractivity contribution in [2.45, 2.75) is 31.3 Å². The molecule has 3 aliphatic rings. The van der Waals surface area contributed by atoms with Crippen LogP contribution in [0.5, 0.6) is 0 Å². The Labute approximate surface area is 137 Å². The first kappa shape index (κ1) is 15.4. The van der Waals surface area contributed by atoms with Gasteiger partial charge in [-0.2, -0.15) is 17.0 Å². The molecule has 0 radical (unpaired) electrons. The Morgan fingerprint density at radius 2 is 1.96 bits per heavy atom. The number of rotatable bonds is 4. The Bertz CT molecular complexity index is 663. The summed E-state index contributed by atoms with van der Waals surface area (Å²) in [6, 6.07) is 3.89. The molecule has 2 atom stereocenters. The minimum atomic E-state index is -3.42. The highest BCUT2D eigenvalue weighted by atomic mass is 32.2. The van der Waals surface area contributed by atoms with Crippen molar-refractivity contribution in [3.63, 3.8) is 0 Å². The molecule has 0 aliphatic carbocycles. The number of furan rings is 1. The quantitative estimate of drug-likeness (QED) is 0.783. The largest absolute Gasteiger partial charge is 0.468 e. The third-order valence-corrected chi connectivity index (χ3v) is 7.20. The van der Waals surface area contributed by atoms with E-state index in [1.54, 1.807) is 14.9 Å². The molecule has 1 aromatic rings. The highest BCUT2D eigenvalue weighted by Crippen LogP contribution is 2.36. The minimum Gasteiger partial charge on any atom is -0.468 e. The molecule has 7 heteroatoms. The minimum absolute atomic E-state index is 0.150. The van der Waals surface area contributed by atoms with Crippen LogP contribution in [-0.2, 0) is 10.2 Å². The van der Waals surface area contributed by atoms with Gasteiger partial charge >= 0.3 is 0 Å². The van der Waals surface area contributed by atoms with E-state index in [2.05, 4.69) is 17.1 Å². The van der Waals surface area contributed by atoms with Crippen LogP contribution in [0.3, 0.4) is 0 Å². The highest BCUT2D eigenvalue weighted by Gasteiger charge is 2.43. The Kier molecular flexibility index (Phi) is 4.05. The van der Waals surface area contributed by atoms with Crippen LogP contribution in [0.1, 0.15) is 31.1 Å². The smallest absolute Gasteiger partial charge is 0.282 e. The number of nitrogens with zero attached hydrogens (tertiary/aromatic N) is 3. The summed E-state index contributed by atoms with van der Waals surface area (Å²) in [5.74, 6) is 0.755. The van der Waals surface area contributed by atoms with E-state index in [1.807, 2.05) is 12.1 Å². The van der Waals surface area contributed by atoms with Gasteiger partial charge in [0.2, 0.25) is 0 Å². The molecule has 0 N–H and O–H groups in total. The zero-order valence-electron chi connectivity index (χ0n) is 13.2. The zero-order chi connectivity index (χ0) is 15.9. The van der Waals surface area contributed by atoms with Crippen molar-refractivity contribution in [3.05, 3.63) is 36.3 Å². The topological polar surface area (TPSA) is 57.0 Å². The molecule has 0 aromatic carbocycles. The van der Waals surface area contributed by atoms with E-state index in [9.17, 15) is 8.42 Å². The van der Waals surface area contributed by atoms with Gasteiger partial charge in [-0.15, -0.1) is 0 Å². The summed E-state index contributed by atoms with van der Waals surface area (Å²) in [7, 11) is -3.42. The first-order chi connectivity index (χ1) is 11.2. The molecule has 2 fully saturated rings. The van der Waals surface area contributed by atoms with E-state index >= 15 is 0 Å². The summed E-state index contributed by atoms with van der Waals surface area (Å²) in [4.78, 5) is 2.35. The van der Waals surface area contributed by atoms with Gasteiger partial charge in [-0.1, -0.05) is 12.2 Å². The second-order valence-corrected chi connectivity index (χ2v) is 8.40. The maximum absolute atomic E-state index is 13.1. The summed E-state index contributed by atoms with van der Waals surface area (Å²) in [5.41, 5.74) is 0. The van der Waals surface area contributed by atoms with E-state index in [-0.39, 0.29) is 6.04 Å². The lowest BCUT2D eigenvalue weighted by atomic mass is 10.2.